The number of aliphatic carboxylic acids is 1. The lowest BCUT2D eigenvalue weighted by Crippen LogP contribution is -2.67. The molecule has 1 amide bonds. The molecule has 1 heterocycles. The number of amides is 1. The molecule has 7 nitrogen and oxygen atoms in total. The largest absolute Gasteiger partial charge is 0.481 e. The average Bonchev–Trinajstić information content (AvgIpc) is 2.82. The molecule has 2 aromatic rings. The lowest BCUT2D eigenvalue weighted by atomic mass is 9.88. The predicted octanol–water partition coefficient (Wildman–Crippen LogP) is 4.90. The van der Waals surface area contributed by atoms with E-state index in [2.05, 4.69) is 10.6 Å². The van der Waals surface area contributed by atoms with Crippen LogP contribution in [0.25, 0.3) is 0 Å². The van der Waals surface area contributed by atoms with Gasteiger partial charge in [-0.25, -0.2) is 13.2 Å². The van der Waals surface area contributed by atoms with Crippen molar-refractivity contribution in [3.05, 3.63) is 56.9 Å². The quantitative estimate of drug-likeness (QED) is 0.324. The van der Waals surface area contributed by atoms with Crippen molar-refractivity contribution < 1.29 is 33.0 Å². The highest BCUT2D eigenvalue weighted by Gasteiger charge is 2.44. The third-order valence-electron chi connectivity index (χ3n) is 6.39. The summed E-state index contributed by atoms with van der Waals surface area (Å²) in [5, 5.41) is 24.0. The summed E-state index contributed by atoms with van der Waals surface area (Å²) >= 11 is 1.94. The Hall–Kier alpha value is -2.38. The van der Waals surface area contributed by atoms with Crippen LogP contribution in [0.15, 0.2) is 30.3 Å². The first-order valence-corrected chi connectivity index (χ1v) is 13.2. The van der Waals surface area contributed by atoms with Crippen molar-refractivity contribution in [2.75, 3.05) is 31.5 Å². The molecule has 0 unspecified atom stereocenters. The zero-order valence-electron chi connectivity index (χ0n) is 20.5. The smallest absolute Gasteiger partial charge is 0.300 e. The van der Waals surface area contributed by atoms with Crippen LogP contribution in [0.1, 0.15) is 49.4 Å². The standard InChI is InChI=1S/C24H27F3IN3O2.C2H4O2/c25-18-8-7-17(22(21(18)27)30-20-9-6-16(28)10-19(20)26)23(32)31-13-24(33,14-31)12-29-11-15-4-2-1-3-5-15;1-2(3)4/h6-10,15,29-30,33H,1-5,11-14H2;1H3,(H,3,4). The Morgan fingerprint density at radius 3 is 2.35 bits per heavy atom. The number of carboxylic acid groups (broad SMARTS) is 1. The van der Waals surface area contributed by atoms with Crippen LogP contribution in [-0.4, -0.2) is 58.8 Å². The summed E-state index contributed by atoms with van der Waals surface area (Å²) in [6.45, 7) is 2.46. The average molecular weight is 633 g/mol. The maximum atomic E-state index is 14.6. The van der Waals surface area contributed by atoms with Crippen molar-refractivity contribution in [3.8, 4) is 0 Å². The van der Waals surface area contributed by atoms with Crippen LogP contribution in [0, 0.1) is 26.9 Å². The van der Waals surface area contributed by atoms with E-state index in [0.29, 0.717) is 16.0 Å². The van der Waals surface area contributed by atoms with Gasteiger partial charge < -0.3 is 25.7 Å². The molecule has 1 saturated carbocycles. The summed E-state index contributed by atoms with van der Waals surface area (Å²) < 4.78 is 43.4. The van der Waals surface area contributed by atoms with E-state index in [0.717, 1.165) is 19.5 Å². The molecular formula is C26H31F3IN3O4. The van der Waals surface area contributed by atoms with Crippen molar-refractivity contribution >= 4 is 45.8 Å². The molecule has 1 aliphatic carbocycles. The van der Waals surface area contributed by atoms with Gasteiger partial charge in [0.15, 0.2) is 11.6 Å². The molecule has 2 fully saturated rings. The zero-order valence-corrected chi connectivity index (χ0v) is 22.7. The Morgan fingerprint density at radius 1 is 1.08 bits per heavy atom. The van der Waals surface area contributed by atoms with Crippen molar-refractivity contribution in [2.45, 2.75) is 44.6 Å². The molecule has 202 valence electrons. The van der Waals surface area contributed by atoms with Crippen LogP contribution in [-0.2, 0) is 4.79 Å². The van der Waals surface area contributed by atoms with E-state index in [1.807, 2.05) is 22.6 Å². The number of rotatable bonds is 7. The lowest BCUT2D eigenvalue weighted by molar-refractivity contribution is -0.134. The second-order valence-corrected chi connectivity index (χ2v) is 10.8. The number of carbonyl (C=O) groups excluding carboxylic acids is 1. The number of carboxylic acids is 1. The van der Waals surface area contributed by atoms with Crippen LogP contribution in [0.4, 0.5) is 24.5 Å². The summed E-state index contributed by atoms with van der Waals surface area (Å²) in [4.78, 5) is 23.4. The highest BCUT2D eigenvalue weighted by molar-refractivity contribution is 14.1. The van der Waals surface area contributed by atoms with E-state index >= 15 is 0 Å². The van der Waals surface area contributed by atoms with Gasteiger partial charge in [-0.1, -0.05) is 19.3 Å². The van der Waals surface area contributed by atoms with Gasteiger partial charge in [0.1, 0.15) is 11.4 Å². The molecule has 2 aliphatic rings. The minimum absolute atomic E-state index is 0.0685. The number of hydrogen-bond donors (Lipinski definition) is 4. The summed E-state index contributed by atoms with van der Waals surface area (Å²) in [7, 11) is 0. The third-order valence-corrected chi connectivity index (χ3v) is 7.06. The Morgan fingerprint density at radius 2 is 1.73 bits per heavy atom. The monoisotopic (exact) mass is 633 g/mol. The van der Waals surface area contributed by atoms with Crippen molar-refractivity contribution in [3.63, 3.8) is 0 Å². The molecule has 0 aromatic heterocycles. The highest BCUT2D eigenvalue weighted by atomic mass is 127. The second-order valence-electron chi connectivity index (χ2n) is 9.57. The summed E-state index contributed by atoms with van der Waals surface area (Å²) in [6.07, 6.45) is 6.17. The Kier molecular flexibility index (Phi) is 10.2. The first-order chi connectivity index (χ1) is 17.5. The molecule has 11 heteroatoms. The van der Waals surface area contributed by atoms with Gasteiger partial charge in [-0.15, -0.1) is 0 Å². The number of nitrogens with zero attached hydrogens (tertiary/aromatic N) is 1. The number of anilines is 2. The van der Waals surface area contributed by atoms with Crippen LogP contribution >= 0.6 is 22.6 Å². The van der Waals surface area contributed by atoms with Crippen molar-refractivity contribution in [1.82, 2.24) is 10.2 Å². The Labute approximate surface area is 227 Å². The van der Waals surface area contributed by atoms with E-state index in [4.69, 9.17) is 9.90 Å². The summed E-state index contributed by atoms with van der Waals surface area (Å²) in [6, 6.07) is 6.30. The van der Waals surface area contributed by atoms with E-state index in [1.165, 1.54) is 55.2 Å². The fraction of sp³-hybridized carbons (Fsp3) is 0.462. The van der Waals surface area contributed by atoms with Crippen LogP contribution in [0.3, 0.4) is 0 Å². The first kappa shape index (κ1) is 29.2. The van der Waals surface area contributed by atoms with E-state index in [-0.39, 0.29) is 24.3 Å². The number of halogens is 4. The van der Waals surface area contributed by atoms with Gasteiger partial charge in [0.2, 0.25) is 0 Å². The molecule has 1 aliphatic heterocycles. The number of benzene rings is 2. The lowest BCUT2D eigenvalue weighted by Gasteiger charge is -2.47. The highest BCUT2D eigenvalue weighted by Crippen LogP contribution is 2.32. The second kappa shape index (κ2) is 12.9. The van der Waals surface area contributed by atoms with Gasteiger partial charge in [-0.2, -0.15) is 0 Å². The number of nitrogens with one attached hydrogen (secondary N) is 2. The van der Waals surface area contributed by atoms with Gasteiger partial charge in [-0.05, 0) is 78.2 Å². The fourth-order valence-corrected chi connectivity index (χ4v) is 5.02. The maximum Gasteiger partial charge on any atom is 0.300 e. The topological polar surface area (TPSA) is 102 Å². The van der Waals surface area contributed by atoms with Gasteiger partial charge in [0, 0.05) is 17.0 Å². The van der Waals surface area contributed by atoms with E-state index in [9.17, 15) is 23.1 Å². The number of β-amino-alcohol motifs (C(OH)–C–C–N with tert-alkyl or cyclic N) is 1. The molecule has 0 spiro atoms. The minimum Gasteiger partial charge on any atom is -0.481 e. The van der Waals surface area contributed by atoms with Crippen LogP contribution < -0.4 is 10.6 Å². The van der Waals surface area contributed by atoms with E-state index in [1.54, 1.807) is 6.07 Å². The van der Waals surface area contributed by atoms with Crippen LogP contribution in [0.2, 0.25) is 0 Å². The van der Waals surface area contributed by atoms with Gasteiger partial charge in [0.25, 0.3) is 11.9 Å². The van der Waals surface area contributed by atoms with Crippen molar-refractivity contribution in [1.29, 1.82) is 0 Å². The van der Waals surface area contributed by atoms with Gasteiger partial charge in [-0.3, -0.25) is 9.59 Å². The van der Waals surface area contributed by atoms with Crippen LogP contribution in [0.5, 0.6) is 0 Å². The molecular weight excluding hydrogens is 602 g/mol. The number of likely N-dealkylation sites (tertiary alicyclic amines) is 1. The molecule has 4 N–H and O–H groups in total. The molecule has 37 heavy (non-hydrogen) atoms. The Balaban J connectivity index is 0.000000886. The number of aliphatic hydroxyl groups is 1. The molecule has 0 bridgehead atoms. The maximum absolute atomic E-state index is 14.6. The molecule has 4 rings (SSSR count). The number of hydrogen-bond acceptors (Lipinski definition) is 5. The van der Waals surface area contributed by atoms with E-state index < -0.39 is 40.6 Å². The Bertz CT molecular complexity index is 1120. The van der Waals surface area contributed by atoms with Crippen molar-refractivity contribution in [2.24, 2.45) is 5.92 Å². The predicted molar refractivity (Wildman–Crippen MR) is 142 cm³/mol. The SMILES string of the molecule is CC(=O)O.O=C(c1ccc(F)c(F)c1Nc1ccc(I)cc1F)N1CC(O)(CNCC2CCCCC2)C1. The zero-order chi connectivity index (χ0) is 27.2. The molecule has 2 aromatic carbocycles. The molecule has 0 radical (unpaired) electrons. The third kappa shape index (κ3) is 8.05. The summed E-state index contributed by atoms with van der Waals surface area (Å²) in [5.74, 6) is -3.82. The minimum atomic E-state index is -1.26. The summed E-state index contributed by atoms with van der Waals surface area (Å²) in [5.41, 5.74) is -1.67. The van der Waals surface area contributed by atoms with Gasteiger partial charge >= 0.3 is 0 Å². The normalized spacial score (nSPS) is 16.9. The molecule has 0 atom stereocenters. The van der Waals surface area contributed by atoms with Gasteiger partial charge in [0.05, 0.1) is 30.0 Å². The first-order valence-electron chi connectivity index (χ1n) is 12.1. The number of carbonyl (C=O) groups is 2. The molecule has 1 saturated heterocycles. The fourth-order valence-electron chi connectivity index (χ4n) is 4.57.